The maximum absolute atomic E-state index is 12.8. The van der Waals surface area contributed by atoms with Crippen LogP contribution in [0.25, 0.3) is 0 Å². The van der Waals surface area contributed by atoms with Gasteiger partial charge in [0.25, 0.3) is 0 Å². The number of benzene rings is 1. The van der Waals surface area contributed by atoms with E-state index < -0.39 is 18.6 Å². The third kappa shape index (κ3) is 6.43. The van der Waals surface area contributed by atoms with E-state index in [1.54, 1.807) is 0 Å². The van der Waals surface area contributed by atoms with Crippen LogP contribution in [-0.2, 0) is 15.3 Å². The Bertz CT molecular complexity index is 490. The highest BCUT2D eigenvalue weighted by Gasteiger charge is 2.36. The lowest BCUT2D eigenvalue weighted by atomic mass is 10.1. The first kappa shape index (κ1) is 18.1. The maximum Gasteiger partial charge on any atom is 0.406 e. The van der Waals surface area contributed by atoms with Crippen molar-refractivity contribution in [1.29, 1.82) is 0 Å². The number of ether oxygens (including phenoxy) is 1. The lowest BCUT2D eigenvalue weighted by Crippen LogP contribution is -2.48. The molecule has 0 atom stereocenters. The van der Waals surface area contributed by atoms with E-state index in [9.17, 15) is 18.0 Å². The molecular weight excluding hydrogens is 327 g/mol. The summed E-state index contributed by atoms with van der Waals surface area (Å²) in [5, 5.41) is 0. The molecule has 0 saturated carbocycles. The summed E-state index contributed by atoms with van der Waals surface area (Å²) in [6, 6.07) is 9.18. The maximum atomic E-state index is 12.8. The average molecular weight is 347 g/mol. The fourth-order valence-corrected chi connectivity index (χ4v) is 3.39. The number of nitrogens with zero attached hydrogens (tertiary/aromatic N) is 1. The van der Waals surface area contributed by atoms with Gasteiger partial charge < -0.3 is 9.64 Å². The summed E-state index contributed by atoms with van der Waals surface area (Å²) in [5.41, 5.74) is 1.05. The Morgan fingerprint density at radius 2 is 1.87 bits per heavy atom. The van der Waals surface area contributed by atoms with E-state index in [-0.39, 0.29) is 11.8 Å². The summed E-state index contributed by atoms with van der Waals surface area (Å²) in [4.78, 5) is 13.3. The van der Waals surface area contributed by atoms with Gasteiger partial charge >= 0.3 is 6.18 Å². The molecule has 1 heterocycles. The van der Waals surface area contributed by atoms with E-state index in [4.69, 9.17) is 4.74 Å². The van der Waals surface area contributed by atoms with Crippen molar-refractivity contribution < 1.29 is 22.7 Å². The molecule has 0 spiro atoms. The lowest BCUT2D eigenvalue weighted by Gasteiger charge is -2.34. The zero-order valence-electron chi connectivity index (χ0n) is 12.7. The molecule has 1 saturated heterocycles. The van der Waals surface area contributed by atoms with E-state index in [1.807, 2.05) is 30.3 Å². The Morgan fingerprint density at radius 1 is 1.22 bits per heavy atom. The monoisotopic (exact) mass is 347 g/mol. The van der Waals surface area contributed by atoms with Gasteiger partial charge in [0.15, 0.2) is 0 Å². The van der Waals surface area contributed by atoms with Crippen molar-refractivity contribution in [3.8, 4) is 0 Å². The summed E-state index contributed by atoms with van der Waals surface area (Å²) in [7, 11) is 0. The predicted molar refractivity (Wildman–Crippen MR) is 84.2 cm³/mol. The van der Waals surface area contributed by atoms with Gasteiger partial charge in [0.1, 0.15) is 6.54 Å². The van der Waals surface area contributed by atoms with E-state index in [2.05, 4.69) is 0 Å². The number of hydrogen-bond donors (Lipinski definition) is 0. The molecule has 1 amide bonds. The Balaban J connectivity index is 1.90. The predicted octanol–water partition coefficient (Wildman–Crippen LogP) is 3.49. The van der Waals surface area contributed by atoms with Crippen molar-refractivity contribution in [3.05, 3.63) is 35.9 Å². The molecule has 2 rings (SSSR count). The lowest BCUT2D eigenvalue weighted by molar-refractivity contribution is -0.167. The number of carbonyl (C=O) groups excluding carboxylic acids is 1. The van der Waals surface area contributed by atoms with Gasteiger partial charge in [-0.3, -0.25) is 4.79 Å². The first-order chi connectivity index (χ1) is 11.0. The van der Waals surface area contributed by atoms with Gasteiger partial charge in [-0.05, 0) is 18.4 Å². The van der Waals surface area contributed by atoms with Crippen molar-refractivity contribution in [2.45, 2.75) is 30.8 Å². The number of thioether (sulfide) groups is 1. The molecule has 0 radical (unpaired) electrons. The van der Waals surface area contributed by atoms with Gasteiger partial charge in [-0.1, -0.05) is 30.3 Å². The van der Waals surface area contributed by atoms with Gasteiger partial charge in [0, 0.05) is 25.0 Å². The van der Waals surface area contributed by atoms with Gasteiger partial charge in [-0.2, -0.15) is 13.2 Å². The SMILES string of the molecule is O=C(CSCc1ccccc1)N(CC(F)(F)F)C1CCOCC1. The molecule has 7 heteroatoms. The second-order valence-electron chi connectivity index (χ2n) is 5.46. The third-order valence-electron chi connectivity index (χ3n) is 3.64. The summed E-state index contributed by atoms with van der Waals surface area (Å²) >= 11 is 1.34. The van der Waals surface area contributed by atoms with Crippen molar-refractivity contribution in [2.75, 3.05) is 25.5 Å². The number of carbonyl (C=O) groups is 1. The van der Waals surface area contributed by atoms with Crippen LogP contribution in [0.1, 0.15) is 18.4 Å². The molecule has 1 aliphatic rings. The Hall–Kier alpha value is -1.21. The van der Waals surface area contributed by atoms with Crippen molar-refractivity contribution >= 4 is 17.7 Å². The molecule has 0 N–H and O–H groups in total. The van der Waals surface area contributed by atoms with Gasteiger partial charge in [-0.15, -0.1) is 11.8 Å². The zero-order chi connectivity index (χ0) is 16.7. The molecule has 1 aromatic rings. The average Bonchev–Trinajstić information content (AvgIpc) is 2.53. The topological polar surface area (TPSA) is 29.5 Å². The Labute approximate surface area is 138 Å². The number of halogens is 3. The molecule has 0 bridgehead atoms. The molecule has 0 aromatic heterocycles. The fourth-order valence-electron chi connectivity index (χ4n) is 2.52. The van der Waals surface area contributed by atoms with E-state index >= 15 is 0 Å². The summed E-state index contributed by atoms with van der Waals surface area (Å²) in [6.07, 6.45) is -3.45. The van der Waals surface area contributed by atoms with Crippen LogP contribution in [0, 0.1) is 0 Å². The Kier molecular flexibility index (Phi) is 6.77. The summed E-state index contributed by atoms with van der Waals surface area (Å²) in [6.45, 7) is -0.366. The number of alkyl halides is 3. The highest BCUT2D eigenvalue weighted by Crippen LogP contribution is 2.23. The number of rotatable bonds is 6. The van der Waals surface area contributed by atoms with Crippen molar-refractivity contribution in [3.63, 3.8) is 0 Å². The normalized spacial score (nSPS) is 16.3. The van der Waals surface area contributed by atoms with Crippen LogP contribution < -0.4 is 0 Å². The molecule has 1 fully saturated rings. The van der Waals surface area contributed by atoms with Crippen LogP contribution in [0.4, 0.5) is 13.2 Å². The van der Waals surface area contributed by atoms with E-state index in [1.165, 1.54) is 11.8 Å². The molecule has 3 nitrogen and oxygen atoms in total. The second-order valence-corrected chi connectivity index (χ2v) is 6.44. The minimum atomic E-state index is -4.38. The molecular formula is C16H20F3NO2S. The van der Waals surface area contributed by atoms with Crippen LogP contribution in [-0.4, -0.2) is 48.5 Å². The van der Waals surface area contributed by atoms with E-state index in [0.29, 0.717) is 31.8 Å². The smallest absolute Gasteiger partial charge is 0.381 e. The molecule has 23 heavy (non-hydrogen) atoms. The standard InChI is InChI=1S/C16H20F3NO2S/c17-16(18,19)12-20(14-6-8-22-9-7-14)15(21)11-23-10-13-4-2-1-3-5-13/h1-5,14H,6-12H2. The largest absolute Gasteiger partial charge is 0.406 e. The van der Waals surface area contributed by atoms with Crippen LogP contribution in [0.15, 0.2) is 30.3 Å². The second kappa shape index (κ2) is 8.59. The molecule has 128 valence electrons. The number of hydrogen-bond acceptors (Lipinski definition) is 3. The molecule has 1 aromatic carbocycles. The zero-order valence-corrected chi connectivity index (χ0v) is 13.5. The van der Waals surface area contributed by atoms with Gasteiger partial charge in [0.2, 0.25) is 5.91 Å². The molecule has 0 aliphatic carbocycles. The van der Waals surface area contributed by atoms with Gasteiger partial charge in [0.05, 0.1) is 5.75 Å². The van der Waals surface area contributed by atoms with Crippen LogP contribution in [0.3, 0.4) is 0 Å². The van der Waals surface area contributed by atoms with E-state index in [0.717, 1.165) is 10.5 Å². The third-order valence-corrected chi connectivity index (χ3v) is 4.63. The van der Waals surface area contributed by atoms with Crippen LogP contribution >= 0.6 is 11.8 Å². The first-order valence-electron chi connectivity index (χ1n) is 7.51. The molecule has 1 aliphatic heterocycles. The number of amides is 1. The highest BCUT2D eigenvalue weighted by atomic mass is 32.2. The minimum absolute atomic E-state index is 0.0579. The summed E-state index contributed by atoms with van der Waals surface area (Å²) in [5.74, 6) is 0.220. The Morgan fingerprint density at radius 3 is 2.48 bits per heavy atom. The van der Waals surface area contributed by atoms with Crippen LogP contribution in [0.2, 0.25) is 0 Å². The molecule has 0 unspecified atom stereocenters. The van der Waals surface area contributed by atoms with Crippen molar-refractivity contribution in [1.82, 2.24) is 4.90 Å². The van der Waals surface area contributed by atoms with Gasteiger partial charge in [-0.25, -0.2) is 0 Å². The highest BCUT2D eigenvalue weighted by molar-refractivity contribution is 7.99. The van der Waals surface area contributed by atoms with Crippen LogP contribution in [0.5, 0.6) is 0 Å². The quantitative estimate of drug-likeness (QED) is 0.789. The van der Waals surface area contributed by atoms with Crippen molar-refractivity contribution in [2.24, 2.45) is 0 Å². The summed E-state index contributed by atoms with van der Waals surface area (Å²) < 4.78 is 43.5. The first-order valence-corrected chi connectivity index (χ1v) is 8.67. The fraction of sp³-hybridized carbons (Fsp3) is 0.562. The minimum Gasteiger partial charge on any atom is -0.381 e.